The monoisotopic (exact) mass is 228 g/mol. The zero-order valence-electron chi connectivity index (χ0n) is 10.1. The van der Waals surface area contributed by atoms with E-state index in [1.807, 2.05) is 43.3 Å². The molecule has 0 atom stereocenters. The van der Waals surface area contributed by atoms with Crippen molar-refractivity contribution < 1.29 is 9.47 Å². The van der Waals surface area contributed by atoms with Gasteiger partial charge in [0.15, 0.2) is 0 Å². The Labute approximate surface area is 102 Å². The summed E-state index contributed by atoms with van der Waals surface area (Å²) in [7, 11) is 1.67. The van der Waals surface area contributed by atoms with Crippen molar-refractivity contribution in [3.63, 3.8) is 0 Å². The Balaban J connectivity index is 2.04. The lowest BCUT2D eigenvalue weighted by Crippen LogP contribution is -1.97. The van der Waals surface area contributed by atoms with Gasteiger partial charge in [-0.05, 0) is 36.2 Å². The van der Waals surface area contributed by atoms with Crippen LogP contribution in [0.15, 0.2) is 48.5 Å². The lowest BCUT2D eigenvalue weighted by atomic mass is 10.2. The van der Waals surface area contributed by atoms with Gasteiger partial charge in [0.1, 0.15) is 18.1 Å². The van der Waals surface area contributed by atoms with Gasteiger partial charge in [0, 0.05) is 0 Å². The second-order valence-corrected chi connectivity index (χ2v) is 3.91. The van der Waals surface area contributed by atoms with Crippen LogP contribution in [0.25, 0.3) is 0 Å². The molecule has 88 valence electrons. The SMILES string of the molecule is COc1ccc(OCc2ccccc2)c(C)c1. The molecule has 0 amide bonds. The van der Waals surface area contributed by atoms with Crippen LogP contribution in [0.1, 0.15) is 11.1 Å². The van der Waals surface area contributed by atoms with E-state index in [-0.39, 0.29) is 0 Å². The lowest BCUT2D eigenvalue weighted by Gasteiger charge is -2.10. The van der Waals surface area contributed by atoms with Crippen LogP contribution in [-0.4, -0.2) is 7.11 Å². The van der Waals surface area contributed by atoms with Gasteiger partial charge in [0.25, 0.3) is 0 Å². The molecule has 0 unspecified atom stereocenters. The number of aryl methyl sites for hydroxylation is 1. The van der Waals surface area contributed by atoms with Crippen LogP contribution >= 0.6 is 0 Å². The van der Waals surface area contributed by atoms with E-state index in [1.165, 1.54) is 5.56 Å². The maximum Gasteiger partial charge on any atom is 0.122 e. The lowest BCUT2D eigenvalue weighted by molar-refractivity contribution is 0.303. The average molecular weight is 228 g/mol. The zero-order chi connectivity index (χ0) is 12.1. The van der Waals surface area contributed by atoms with Crippen LogP contribution in [0.5, 0.6) is 11.5 Å². The van der Waals surface area contributed by atoms with Gasteiger partial charge < -0.3 is 9.47 Å². The third-order valence-electron chi connectivity index (χ3n) is 2.62. The molecule has 2 aromatic carbocycles. The first-order valence-corrected chi connectivity index (χ1v) is 5.61. The molecular weight excluding hydrogens is 212 g/mol. The van der Waals surface area contributed by atoms with Crippen molar-refractivity contribution >= 4 is 0 Å². The fourth-order valence-electron chi connectivity index (χ4n) is 1.65. The van der Waals surface area contributed by atoms with Crippen molar-refractivity contribution in [2.75, 3.05) is 7.11 Å². The number of benzene rings is 2. The van der Waals surface area contributed by atoms with Gasteiger partial charge >= 0.3 is 0 Å². The van der Waals surface area contributed by atoms with Gasteiger partial charge in [0.05, 0.1) is 7.11 Å². The molecule has 0 bridgehead atoms. The van der Waals surface area contributed by atoms with E-state index < -0.39 is 0 Å². The van der Waals surface area contributed by atoms with E-state index >= 15 is 0 Å². The molecule has 2 heteroatoms. The topological polar surface area (TPSA) is 18.5 Å². The molecule has 0 aliphatic carbocycles. The summed E-state index contributed by atoms with van der Waals surface area (Å²) in [6.07, 6.45) is 0. The normalized spacial score (nSPS) is 10.0. The van der Waals surface area contributed by atoms with E-state index in [2.05, 4.69) is 12.1 Å². The van der Waals surface area contributed by atoms with Gasteiger partial charge in [-0.15, -0.1) is 0 Å². The third-order valence-corrected chi connectivity index (χ3v) is 2.62. The molecule has 0 N–H and O–H groups in total. The summed E-state index contributed by atoms with van der Waals surface area (Å²) >= 11 is 0. The number of ether oxygens (including phenoxy) is 2. The molecule has 2 nitrogen and oxygen atoms in total. The summed E-state index contributed by atoms with van der Waals surface area (Å²) in [5.74, 6) is 1.75. The summed E-state index contributed by atoms with van der Waals surface area (Å²) in [6.45, 7) is 2.61. The largest absolute Gasteiger partial charge is 0.497 e. The maximum absolute atomic E-state index is 5.77. The van der Waals surface area contributed by atoms with Crippen LogP contribution in [0.2, 0.25) is 0 Å². The number of methoxy groups -OCH3 is 1. The molecule has 0 aliphatic heterocycles. The predicted molar refractivity (Wildman–Crippen MR) is 68.5 cm³/mol. The maximum atomic E-state index is 5.77. The highest BCUT2D eigenvalue weighted by molar-refractivity contribution is 5.39. The highest BCUT2D eigenvalue weighted by atomic mass is 16.5. The molecule has 0 aliphatic rings. The van der Waals surface area contributed by atoms with Gasteiger partial charge in [-0.25, -0.2) is 0 Å². The smallest absolute Gasteiger partial charge is 0.122 e. The minimum atomic E-state index is 0.591. The van der Waals surface area contributed by atoms with Crippen molar-refractivity contribution in [2.45, 2.75) is 13.5 Å². The number of rotatable bonds is 4. The van der Waals surface area contributed by atoms with Gasteiger partial charge in [-0.3, -0.25) is 0 Å². The number of hydrogen-bond acceptors (Lipinski definition) is 2. The Bertz CT molecular complexity index is 478. The Hall–Kier alpha value is -1.96. The third kappa shape index (κ3) is 3.00. The second-order valence-electron chi connectivity index (χ2n) is 3.91. The highest BCUT2D eigenvalue weighted by Gasteiger charge is 2.01. The van der Waals surface area contributed by atoms with Crippen molar-refractivity contribution in [3.05, 3.63) is 59.7 Å². The fraction of sp³-hybridized carbons (Fsp3) is 0.200. The Morgan fingerprint density at radius 1 is 1.00 bits per heavy atom. The minimum Gasteiger partial charge on any atom is -0.497 e. The van der Waals surface area contributed by atoms with Crippen molar-refractivity contribution in [3.8, 4) is 11.5 Å². The summed E-state index contributed by atoms with van der Waals surface area (Å²) in [6, 6.07) is 16.0. The Morgan fingerprint density at radius 2 is 1.76 bits per heavy atom. The molecular formula is C15H16O2. The molecule has 0 saturated heterocycles. The van der Waals surface area contributed by atoms with Crippen LogP contribution in [0, 0.1) is 6.92 Å². The van der Waals surface area contributed by atoms with E-state index in [4.69, 9.17) is 9.47 Å². The van der Waals surface area contributed by atoms with E-state index in [0.29, 0.717) is 6.61 Å². The molecule has 0 aromatic heterocycles. The molecule has 0 radical (unpaired) electrons. The Kier molecular flexibility index (Phi) is 3.66. The Morgan fingerprint density at radius 3 is 2.41 bits per heavy atom. The first-order valence-electron chi connectivity index (χ1n) is 5.61. The molecule has 0 spiro atoms. The predicted octanol–water partition coefficient (Wildman–Crippen LogP) is 3.58. The second kappa shape index (κ2) is 5.39. The van der Waals surface area contributed by atoms with Crippen LogP contribution in [-0.2, 0) is 6.61 Å². The molecule has 0 saturated carbocycles. The van der Waals surface area contributed by atoms with Crippen molar-refractivity contribution in [1.82, 2.24) is 0 Å². The van der Waals surface area contributed by atoms with Crippen molar-refractivity contribution in [2.24, 2.45) is 0 Å². The first-order chi connectivity index (χ1) is 8.29. The summed E-state index contributed by atoms with van der Waals surface area (Å²) in [5, 5.41) is 0. The van der Waals surface area contributed by atoms with Crippen LogP contribution in [0.4, 0.5) is 0 Å². The summed E-state index contributed by atoms with van der Waals surface area (Å²) in [5.41, 5.74) is 2.25. The summed E-state index contributed by atoms with van der Waals surface area (Å²) in [4.78, 5) is 0. The average Bonchev–Trinajstić information content (AvgIpc) is 2.38. The van der Waals surface area contributed by atoms with Crippen LogP contribution in [0.3, 0.4) is 0 Å². The fourth-order valence-corrected chi connectivity index (χ4v) is 1.65. The summed E-state index contributed by atoms with van der Waals surface area (Å²) < 4.78 is 10.9. The molecule has 17 heavy (non-hydrogen) atoms. The molecule has 0 heterocycles. The van der Waals surface area contributed by atoms with Crippen LogP contribution < -0.4 is 9.47 Å². The molecule has 0 fully saturated rings. The highest BCUT2D eigenvalue weighted by Crippen LogP contribution is 2.23. The number of hydrogen-bond donors (Lipinski definition) is 0. The quantitative estimate of drug-likeness (QED) is 0.796. The standard InChI is InChI=1S/C15H16O2/c1-12-10-14(16-2)8-9-15(12)17-11-13-6-4-3-5-7-13/h3-10H,11H2,1-2H3. The zero-order valence-corrected chi connectivity index (χ0v) is 10.1. The first kappa shape index (κ1) is 11.5. The molecule has 2 rings (SSSR count). The van der Waals surface area contributed by atoms with E-state index in [1.54, 1.807) is 7.11 Å². The van der Waals surface area contributed by atoms with E-state index in [0.717, 1.165) is 17.1 Å². The molecule has 2 aromatic rings. The van der Waals surface area contributed by atoms with Gasteiger partial charge in [0.2, 0.25) is 0 Å². The van der Waals surface area contributed by atoms with Gasteiger partial charge in [-0.1, -0.05) is 30.3 Å². The minimum absolute atomic E-state index is 0.591. The van der Waals surface area contributed by atoms with Crippen molar-refractivity contribution in [1.29, 1.82) is 0 Å². The van der Waals surface area contributed by atoms with Gasteiger partial charge in [-0.2, -0.15) is 0 Å². The van der Waals surface area contributed by atoms with E-state index in [9.17, 15) is 0 Å².